The second kappa shape index (κ2) is 10.8. The van der Waals surface area contributed by atoms with Crippen LogP contribution in [0.15, 0.2) is 57.3 Å². The average molecular weight is 550 g/mol. The number of hydrogen-bond donors (Lipinski definition) is 2. The number of nitrogens with zero attached hydrogens (tertiary/aromatic N) is 4. The molecule has 3 heterocycles. The SMILES string of the molecule is Cc1nnc(CN=C(NCCc2cccs2)NC(C)c2cc3ccccc3o2)n1C.I. The van der Waals surface area contributed by atoms with E-state index < -0.39 is 0 Å². The molecule has 0 amide bonds. The fourth-order valence-electron chi connectivity index (χ4n) is 3.14. The van der Waals surface area contributed by atoms with Crippen LogP contribution in [0.2, 0.25) is 0 Å². The van der Waals surface area contributed by atoms with E-state index in [0.717, 1.165) is 47.3 Å². The molecule has 0 saturated carbocycles. The van der Waals surface area contributed by atoms with Gasteiger partial charge in [0.1, 0.15) is 23.7 Å². The van der Waals surface area contributed by atoms with Crippen molar-refractivity contribution in [3.05, 3.63) is 70.1 Å². The molecule has 0 aliphatic rings. The van der Waals surface area contributed by atoms with Crippen LogP contribution in [-0.2, 0) is 20.0 Å². The van der Waals surface area contributed by atoms with Gasteiger partial charge in [-0.05, 0) is 43.8 Å². The van der Waals surface area contributed by atoms with Crippen molar-refractivity contribution in [2.75, 3.05) is 6.54 Å². The largest absolute Gasteiger partial charge is 0.459 e. The number of halogens is 1. The first-order chi connectivity index (χ1) is 14.6. The summed E-state index contributed by atoms with van der Waals surface area (Å²) in [6, 6.07) is 14.3. The van der Waals surface area contributed by atoms with Gasteiger partial charge in [-0.15, -0.1) is 45.5 Å². The summed E-state index contributed by atoms with van der Waals surface area (Å²) >= 11 is 1.77. The van der Waals surface area contributed by atoms with Crippen molar-refractivity contribution in [3.63, 3.8) is 0 Å². The quantitative estimate of drug-likeness (QED) is 0.200. The molecule has 4 aromatic rings. The van der Waals surface area contributed by atoms with E-state index in [4.69, 9.17) is 9.41 Å². The van der Waals surface area contributed by atoms with Gasteiger partial charge in [0.2, 0.25) is 0 Å². The number of benzene rings is 1. The molecule has 0 saturated heterocycles. The lowest BCUT2D eigenvalue weighted by Gasteiger charge is -2.16. The molecule has 0 bridgehead atoms. The second-order valence-electron chi connectivity index (χ2n) is 7.20. The van der Waals surface area contributed by atoms with E-state index >= 15 is 0 Å². The summed E-state index contributed by atoms with van der Waals surface area (Å²) in [4.78, 5) is 6.08. The molecule has 3 aromatic heterocycles. The molecule has 1 aromatic carbocycles. The van der Waals surface area contributed by atoms with Gasteiger partial charge in [-0.25, -0.2) is 4.99 Å². The lowest BCUT2D eigenvalue weighted by atomic mass is 10.2. The Morgan fingerprint density at radius 1 is 1.23 bits per heavy atom. The monoisotopic (exact) mass is 550 g/mol. The number of aryl methyl sites for hydroxylation is 1. The number of aromatic nitrogens is 3. The number of para-hydroxylation sites is 1. The number of fused-ring (bicyclic) bond motifs is 1. The summed E-state index contributed by atoms with van der Waals surface area (Å²) in [7, 11) is 1.95. The van der Waals surface area contributed by atoms with Gasteiger partial charge in [0.15, 0.2) is 11.8 Å². The third-order valence-electron chi connectivity index (χ3n) is 5.03. The van der Waals surface area contributed by atoms with Crippen LogP contribution in [0.3, 0.4) is 0 Å². The van der Waals surface area contributed by atoms with Gasteiger partial charge >= 0.3 is 0 Å². The predicted octanol–water partition coefficient (Wildman–Crippen LogP) is 4.59. The molecule has 0 radical (unpaired) electrons. The van der Waals surface area contributed by atoms with Gasteiger partial charge in [-0.3, -0.25) is 0 Å². The van der Waals surface area contributed by atoms with Crippen LogP contribution < -0.4 is 10.6 Å². The molecule has 9 heteroatoms. The smallest absolute Gasteiger partial charge is 0.192 e. The van der Waals surface area contributed by atoms with Crippen molar-refractivity contribution in [2.24, 2.45) is 12.0 Å². The summed E-state index contributed by atoms with van der Waals surface area (Å²) in [6.45, 7) is 5.23. The number of thiophene rings is 1. The summed E-state index contributed by atoms with van der Waals surface area (Å²) < 4.78 is 7.96. The van der Waals surface area contributed by atoms with Crippen LogP contribution in [-0.4, -0.2) is 27.3 Å². The van der Waals surface area contributed by atoms with Crippen LogP contribution in [0, 0.1) is 6.92 Å². The van der Waals surface area contributed by atoms with Crippen LogP contribution in [0.1, 0.15) is 35.3 Å². The third-order valence-corrected chi connectivity index (χ3v) is 5.97. The van der Waals surface area contributed by atoms with Crippen LogP contribution in [0.25, 0.3) is 11.0 Å². The van der Waals surface area contributed by atoms with E-state index in [1.165, 1.54) is 4.88 Å². The van der Waals surface area contributed by atoms with E-state index in [2.05, 4.69) is 57.4 Å². The minimum absolute atomic E-state index is 0. The van der Waals surface area contributed by atoms with Crippen LogP contribution >= 0.6 is 35.3 Å². The summed E-state index contributed by atoms with van der Waals surface area (Å²) in [5, 5.41) is 18.4. The number of nitrogens with one attached hydrogen (secondary N) is 2. The predicted molar refractivity (Wildman–Crippen MR) is 136 cm³/mol. The first kappa shape index (κ1) is 23.3. The zero-order valence-corrected chi connectivity index (χ0v) is 21.0. The van der Waals surface area contributed by atoms with Crippen LogP contribution in [0.5, 0.6) is 0 Å². The molecule has 1 atom stereocenters. The summed E-state index contributed by atoms with van der Waals surface area (Å²) in [5.74, 6) is 3.29. The number of guanidine groups is 1. The van der Waals surface area contributed by atoms with Gasteiger partial charge in [0.25, 0.3) is 0 Å². The highest BCUT2D eigenvalue weighted by Crippen LogP contribution is 2.23. The Balaban J connectivity index is 0.00000272. The maximum absolute atomic E-state index is 6.01. The van der Waals surface area contributed by atoms with Crippen molar-refractivity contribution in [2.45, 2.75) is 32.9 Å². The minimum atomic E-state index is -0.0355. The first-order valence-electron chi connectivity index (χ1n) is 10.0. The Morgan fingerprint density at radius 3 is 2.77 bits per heavy atom. The standard InChI is InChI=1S/C22H26N6OS.HI/c1-15(20-13-17-7-4-5-9-19(17)29-20)25-22(23-11-10-18-8-6-12-30-18)24-14-21-27-26-16(2)28(21)3;/h4-9,12-13,15H,10-11,14H2,1-3H3,(H2,23,24,25);1H. The molecular formula is C22H27IN6OS. The number of furan rings is 1. The Bertz CT molecular complexity index is 1100. The highest BCUT2D eigenvalue weighted by molar-refractivity contribution is 14.0. The molecule has 164 valence electrons. The van der Waals surface area contributed by atoms with E-state index in [1.54, 1.807) is 11.3 Å². The molecule has 0 fully saturated rings. The molecule has 1 unspecified atom stereocenters. The van der Waals surface area contributed by atoms with Gasteiger partial charge in [0, 0.05) is 23.9 Å². The van der Waals surface area contributed by atoms with Crippen molar-refractivity contribution >= 4 is 52.2 Å². The Morgan fingerprint density at radius 2 is 2.06 bits per heavy atom. The summed E-state index contributed by atoms with van der Waals surface area (Å²) in [5.41, 5.74) is 0.889. The Hall–Kier alpha value is -2.40. The molecule has 2 N–H and O–H groups in total. The van der Waals surface area contributed by atoms with Gasteiger partial charge < -0.3 is 19.6 Å². The van der Waals surface area contributed by atoms with Gasteiger partial charge in [0.05, 0.1) is 6.04 Å². The zero-order valence-electron chi connectivity index (χ0n) is 17.8. The second-order valence-corrected chi connectivity index (χ2v) is 8.23. The first-order valence-corrected chi connectivity index (χ1v) is 10.9. The van der Waals surface area contributed by atoms with E-state index in [1.807, 2.05) is 36.7 Å². The zero-order chi connectivity index (χ0) is 20.9. The molecule has 0 aliphatic heterocycles. The molecule has 7 nitrogen and oxygen atoms in total. The molecule has 0 aliphatic carbocycles. The Labute approximate surface area is 203 Å². The highest BCUT2D eigenvalue weighted by atomic mass is 127. The van der Waals surface area contributed by atoms with E-state index in [-0.39, 0.29) is 30.0 Å². The minimum Gasteiger partial charge on any atom is -0.459 e. The number of hydrogen-bond acceptors (Lipinski definition) is 5. The molecule has 31 heavy (non-hydrogen) atoms. The van der Waals surface area contributed by atoms with Crippen molar-refractivity contribution in [3.8, 4) is 0 Å². The maximum atomic E-state index is 6.01. The van der Waals surface area contributed by atoms with Crippen LogP contribution in [0.4, 0.5) is 0 Å². The lowest BCUT2D eigenvalue weighted by Crippen LogP contribution is -2.39. The van der Waals surface area contributed by atoms with Gasteiger partial charge in [-0.1, -0.05) is 24.3 Å². The van der Waals surface area contributed by atoms with Gasteiger partial charge in [-0.2, -0.15) is 0 Å². The van der Waals surface area contributed by atoms with Crippen molar-refractivity contribution < 1.29 is 4.42 Å². The van der Waals surface area contributed by atoms with E-state index in [0.29, 0.717) is 6.54 Å². The van der Waals surface area contributed by atoms with Crippen molar-refractivity contribution in [1.82, 2.24) is 25.4 Å². The fourth-order valence-corrected chi connectivity index (χ4v) is 3.85. The Kier molecular flexibility index (Phi) is 8.08. The van der Waals surface area contributed by atoms with Crippen molar-refractivity contribution in [1.29, 1.82) is 0 Å². The topological polar surface area (TPSA) is 80.3 Å². The molecular weight excluding hydrogens is 523 g/mol. The molecule has 0 spiro atoms. The maximum Gasteiger partial charge on any atom is 0.192 e. The third kappa shape index (κ3) is 5.85. The highest BCUT2D eigenvalue weighted by Gasteiger charge is 2.14. The normalized spacial score (nSPS) is 12.5. The fraction of sp³-hybridized carbons (Fsp3) is 0.318. The van der Waals surface area contributed by atoms with E-state index in [9.17, 15) is 0 Å². The summed E-state index contributed by atoms with van der Waals surface area (Å²) in [6.07, 6.45) is 0.945. The average Bonchev–Trinajstić information content (AvgIpc) is 3.48. The lowest BCUT2D eigenvalue weighted by molar-refractivity contribution is 0.488. The number of aliphatic imine (C=N–C) groups is 1. The molecule has 4 rings (SSSR count). The number of rotatable bonds is 7.